The lowest BCUT2D eigenvalue weighted by Crippen LogP contribution is -2.29. The van der Waals surface area contributed by atoms with Crippen molar-refractivity contribution < 1.29 is 23.8 Å². The van der Waals surface area contributed by atoms with E-state index in [1.807, 2.05) is 24.3 Å². The predicted molar refractivity (Wildman–Crippen MR) is 103 cm³/mol. The first-order valence-corrected chi connectivity index (χ1v) is 9.32. The molecule has 1 aliphatic rings. The highest BCUT2D eigenvalue weighted by atomic mass is 32.1. The van der Waals surface area contributed by atoms with Crippen LogP contribution in [0.2, 0.25) is 0 Å². The maximum absolute atomic E-state index is 12.4. The molecule has 0 spiro atoms. The zero-order valence-corrected chi connectivity index (χ0v) is 15.4. The fraction of sp³-hybridized carbons (Fsp3) is 0.200. The van der Waals surface area contributed by atoms with Gasteiger partial charge in [-0.3, -0.25) is 4.79 Å². The van der Waals surface area contributed by atoms with Crippen LogP contribution in [0.1, 0.15) is 16.6 Å². The van der Waals surface area contributed by atoms with Crippen LogP contribution in [0.15, 0.2) is 48.5 Å². The number of anilines is 1. The van der Waals surface area contributed by atoms with Crippen molar-refractivity contribution in [3.05, 3.63) is 53.4 Å². The van der Waals surface area contributed by atoms with E-state index in [9.17, 15) is 9.59 Å². The third kappa shape index (κ3) is 3.73. The quantitative estimate of drug-likeness (QED) is 0.693. The summed E-state index contributed by atoms with van der Waals surface area (Å²) in [6.07, 6.45) is -0.934. The number of hydrogen-bond donors (Lipinski definition) is 1. The molecule has 0 saturated heterocycles. The molecule has 0 bridgehead atoms. The lowest BCUT2D eigenvalue weighted by atomic mass is 10.2. The van der Waals surface area contributed by atoms with Crippen LogP contribution in [0.4, 0.5) is 5.69 Å². The van der Waals surface area contributed by atoms with Gasteiger partial charge in [0.2, 0.25) is 0 Å². The number of fused-ring (bicyclic) bond motifs is 2. The van der Waals surface area contributed by atoms with Gasteiger partial charge >= 0.3 is 5.97 Å². The van der Waals surface area contributed by atoms with Crippen LogP contribution in [-0.2, 0) is 9.53 Å². The van der Waals surface area contributed by atoms with Crippen LogP contribution in [0.25, 0.3) is 10.1 Å². The summed E-state index contributed by atoms with van der Waals surface area (Å²) in [5, 5.41) is 3.70. The van der Waals surface area contributed by atoms with Crippen molar-refractivity contribution in [2.45, 2.75) is 13.0 Å². The highest BCUT2D eigenvalue weighted by Gasteiger charge is 2.21. The Morgan fingerprint density at radius 1 is 1.07 bits per heavy atom. The van der Waals surface area contributed by atoms with E-state index in [1.165, 1.54) is 11.3 Å². The van der Waals surface area contributed by atoms with Gasteiger partial charge in [0, 0.05) is 16.5 Å². The summed E-state index contributed by atoms with van der Waals surface area (Å²) in [5.41, 5.74) is 0.550. The van der Waals surface area contributed by atoms with Crippen LogP contribution in [0, 0.1) is 0 Å². The summed E-state index contributed by atoms with van der Waals surface area (Å²) < 4.78 is 17.3. The van der Waals surface area contributed by atoms with E-state index in [2.05, 4.69) is 5.32 Å². The third-order valence-corrected chi connectivity index (χ3v) is 5.19. The van der Waals surface area contributed by atoms with Crippen molar-refractivity contribution in [1.82, 2.24) is 0 Å². The Hall–Kier alpha value is -3.06. The van der Waals surface area contributed by atoms with E-state index >= 15 is 0 Å². The van der Waals surface area contributed by atoms with E-state index in [-0.39, 0.29) is 0 Å². The Morgan fingerprint density at radius 2 is 1.85 bits per heavy atom. The fourth-order valence-electron chi connectivity index (χ4n) is 2.72. The topological polar surface area (TPSA) is 73.9 Å². The van der Waals surface area contributed by atoms with Crippen LogP contribution in [0.5, 0.6) is 11.5 Å². The normalized spacial score (nSPS) is 13.8. The van der Waals surface area contributed by atoms with Gasteiger partial charge in [0.1, 0.15) is 18.1 Å². The van der Waals surface area contributed by atoms with Crippen molar-refractivity contribution in [1.29, 1.82) is 0 Å². The second-order valence-electron chi connectivity index (χ2n) is 6.04. The molecule has 138 valence electrons. The monoisotopic (exact) mass is 383 g/mol. The largest absolute Gasteiger partial charge is 0.486 e. The summed E-state index contributed by atoms with van der Waals surface area (Å²) in [5.74, 6) is 0.291. The van der Waals surface area contributed by atoms with Gasteiger partial charge < -0.3 is 19.5 Å². The lowest BCUT2D eigenvalue weighted by molar-refractivity contribution is -0.123. The zero-order valence-electron chi connectivity index (χ0n) is 14.6. The highest BCUT2D eigenvalue weighted by molar-refractivity contribution is 7.20. The van der Waals surface area contributed by atoms with Crippen molar-refractivity contribution in [2.24, 2.45) is 0 Å². The summed E-state index contributed by atoms with van der Waals surface area (Å²) in [6, 6.07) is 14.6. The minimum Gasteiger partial charge on any atom is -0.486 e. The molecule has 2 heterocycles. The van der Waals surface area contributed by atoms with Gasteiger partial charge in [-0.2, -0.15) is 0 Å². The molecule has 1 unspecified atom stereocenters. The smallest absolute Gasteiger partial charge is 0.349 e. The number of esters is 1. The number of ether oxygens (including phenoxy) is 3. The van der Waals surface area contributed by atoms with Gasteiger partial charge in [-0.05, 0) is 36.6 Å². The average Bonchev–Trinajstić information content (AvgIpc) is 3.12. The minimum absolute atomic E-state index is 0.416. The molecule has 0 aliphatic carbocycles. The first-order valence-electron chi connectivity index (χ1n) is 8.50. The first-order chi connectivity index (χ1) is 13.1. The molecule has 27 heavy (non-hydrogen) atoms. The molecule has 3 aromatic rings. The summed E-state index contributed by atoms with van der Waals surface area (Å²) in [7, 11) is 0. The van der Waals surface area contributed by atoms with Crippen LogP contribution >= 0.6 is 11.3 Å². The molecule has 1 aliphatic heterocycles. The summed E-state index contributed by atoms with van der Waals surface area (Å²) in [6.45, 7) is 2.51. The number of hydrogen-bond acceptors (Lipinski definition) is 6. The standard InChI is InChI=1S/C20H17NO5S/c1-12(26-20(23)18-10-13-4-2-3-5-17(13)27-18)19(22)21-14-6-7-15-16(11-14)25-9-8-24-15/h2-7,10-12H,8-9H2,1H3,(H,21,22). The molecule has 1 aromatic heterocycles. The Labute approximate surface area is 159 Å². The van der Waals surface area contributed by atoms with Crippen molar-refractivity contribution in [2.75, 3.05) is 18.5 Å². The number of rotatable bonds is 4. The predicted octanol–water partition coefficient (Wildman–Crippen LogP) is 3.86. The van der Waals surface area contributed by atoms with Gasteiger partial charge in [0.15, 0.2) is 17.6 Å². The van der Waals surface area contributed by atoms with Crippen LogP contribution < -0.4 is 14.8 Å². The van der Waals surface area contributed by atoms with Gasteiger partial charge in [-0.25, -0.2) is 4.79 Å². The number of carbonyl (C=O) groups excluding carboxylic acids is 2. The van der Waals surface area contributed by atoms with E-state index < -0.39 is 18.0 Å². The Bertz CT molecular complexity index is 980. The van der Waals surface area contributed by atoms with E-state index in [0.29, 0.717) is 35.3 Å². The fourth-order valence-corrected chi connectivity index (χ4v) is 3.67. The molecular formula is C20H17NO5S. The summed E-state index contributed by atoms with van der Waals surface area (Å²) >= 11 is 1.34. The van der Waals surface area contributed by atoms with E-state index in [4.69, 9.17) is 14.2 Å². The lowest BCUT2D eigenvalue weighted by Gasteiger charge is -2.19. The molecule has 2 aromatic carbocycles. The summed E-state index contributed by atoms with van der Waals surface area (Å²) in [4.78, 5) is 25.2. The maximum Gasteiger partial charge on any atom is 0.349 e. The second kappa shape index (κ2) is 7.28. The first kappa shape index (κ1) is 17.4. The average molecular weight is 383 g/mol. The Balaban J connectivity index is 1.40. The second-order valence-corrected chi connectivity index (χ2v) is 7.13. The number of amides is 1. The van der Waals surface area contributed by atoms with Gasteiger partial charge in [0.05, 0.1) is 0 Å². The van der Waals surface area contributed by atoms with Crippen LogP contribution in [0.3, 0.4) is 0 Å². The van der Waals surface area contributed by atoms with Gasteiger partial charge in [-0.1, -0.05) is 18.2 Å². The van der Waals surface area contributed by atoms with Crippen molar-refractivity contribution >= 4 is 39.0 Å². The molecule has 1 amide bonds. The SMILES string of the molecule is CC(OC(=O)c1cc2ccccc2s1)C(=O)Nc1ccc2c(c1)OCCO2. The number of benzene rings is 2. The molecule has 1 atom stereocenters. The molecule has 6 nitrogen and oxygen atoms in total. The molecule has 0 radical (unpaired) electrons. The number of nitrogens with one attached hydrogen (secondary N) is 1. The molecule has 0 fully saturated rings. The molecule has 0 saturated carbocycles. The van der Waals surface area contributed by atoms with Gasteiger partial charge in [0.25, 0.3) is 5.91 Å². The number of carbonyl (C=O) groups is 2. The highest BCUT2D eigenvalue weighted by Crippen LogP contribution is 2.32. The van der Waals surface area contributed by atoms with Crippen molar-refractivity contribution in [3.8, 4) is 11.5 Å². The van der Waals surface area contributed by atoms with E-state index in [0.717, 1.165) is 10.1 Å². The van der Waals surface area contributed by atoms with E-state index in [1.54, 1.807) is 31.2 Å². The molecule has 7 heteroatoms. The van der Waals surface area contributed by atoms with Gasteiger partial charge in [-0.15, -0.1) is 11.3 Å². The Morgan fingerprint density at radius 3 is 2.67 bits per heavy atom. The van der Waals surface area contributed by atoms with Crippen LogP contribution in [-0.4, -0.2) is 31.2 Å². The molecular weight excluding hydrogens is 366 g/mol. The third-order valence-electron chi connectivity index (χ3n) is 4.09. The molecule has 1 N–H and O–H groups in total. The maximum atomic E-state index is 12.4. The number of thiophene rings is 1. The Kier molecular flexibility index (Phi) is 4.68. The minimum atomic E-state index is -0.934. The zero-order chi connectivity index (χ0) is 18.8. The molecule has 4 rings (SSSR count). The van der Waals surface area contributed by atoms with Crippen molar-refractivity contribution in [3.63, 3.8) is 0 Å².